The summed E-state index contributed by atoms with van der Waals surface area (Å²) in [7, 11) is 0. The van der Waals surface area contributed by atoms with Crippen LogP contribution in [-0.4, -0.2) is 43.8 Å². The first-order valence-electron chi connectivity index (χ1n) is 5.17. The lowest BCUT2D eigenvalue weighted by Gasteiger charge is -2.29. The molecule has 0 bridgehead atoms. The summed E-state index contributed by atoms with van der Waals surface area (Å²) in [5, 5.41) is 19.9. The molecule has 0 aliphatic heterocycles. The molecule has 0 spiro atoms. The smallest absolute Gasteiger partial charge is 0.329 e. The van der Waals surface area contributed by atoms with Gasteiger partial charge in [0.15, 0.2) is 11.1 Å². The Balaban J connectivity index is 4.93. The van der Waals surface area contributed by atoms with Crippen molar-refractivity contribution in [3.8, 4) is 0 Å². The number of carboxylic acid groups (broad SMARTS) is 2. The van der Waals surface area contributed by atoms with E-state index in [9.17, 15) is 13.8 Å². The second-order valence-corrected chi connectivity index (χ2v) is 5.61. The average molecular weight is 279 g/mol. The molecule has 0 heterocycles. The van der Waals surface area contributed by atoms with Crippen LogP contribution in [0.1, 0.15) is 20.8 Å². The molecular formula is C10H17NO6S. The molecule has 0 amide bonds. The Labute approximate surface area is 107 Å². The van der Waals surface area contributed by atoms with Crippen molar-refractivity contribution in [1.82, 2.24) is 5.32 Å². The third-order valence-electron chi connectivity index (χ3n) is 2.09. The lowest BCUT2D eigenvalue weighted by atomic mass is 10.0. The van der Waals surface area contributed by atoms with Crippen LogP contribution in [0.3, 0.4) is 0 Å². The zero-order valence-electron chi connectivity index (χ0n) is 10.4. The van der Waals surface area contributed by atoms with Gasteiger partial charge in [-0.2, -0.15) is 0 Å². The molecule has 0 aromatic carbocycles. The van der Waals surface area contributed by atoms with Crippen LogP contribution in [0.25, 0.3) is 0 Å². The van der Waals surface area contributed by atoms with Crippen molar-refractivity contribution in [2.75, 3.05) is 6.61 Å². The summed E-state index contributed by atoms with van der Waals surface area (Å²) in [5.41, 5.74) is 0. The molecule has 0 aliphatic carbocycles. The predicted octanol–water partition coefficient (Wildman–Crippen LogP) is 0.106. The maximum atomic E-state index is 11.8. The first-order chi connectivity index (χ1) is 8.23. The van der Waals surface area contributed by atoms with E-state index in [0.29, 0.717) is 0 Å². The molecule has 0 rings (SSSR count). The first-order valence-corrected chi connectivity index (χ1v) is 6.24. The summed E-state index contributed by atoms with van der Waals surface area (Å²) in [4.78, 5) is 21.4. The van der Waals surface area contributed by atoms with Crippen LogP contribution in [0, 0.1) is 0 Å². The summed E-state index contributed by atoms with van der Waals surface area (Å²) in [6.07, 6.45) is 1.75. The molecule has 0 saturated carbocycles. The minimum atomic E-state index is -1.82. The third kappa shape index (κ3) is 4.84. The molecule has 3 N–H and O–H groups in total. The second kappa shape index (κ2) is 7.12. The van der Waals surface area contributed by atoms with E-state index >= 15 is 0 Å². The topological polar surface area (TPSA) is 113 Å². The van der Waals surface area contributed by atoms with Gasteiger partial charge in [-0.05, 0) is 20.8 Å². The predicted molar refractivity (Wildman–Crippen MR) is 65.2 cm³/mol. The Morgan fingerprint density at radius 2 is 2.00 bits per heavy atom. The van der Waals surface area contributed by atoms with E-state index < -0.39 is 33.8 Å². The molecule has 1 unspecified atom stereocenters. The lowest BCUT2D eigenvalue weighted by molar-refractivity contribution is -0.140. The first kappa shape index (κ1) is 16.6. The van der Waals surface area contributed by atoms with Crippen molar-refractivity contribution in [2.45, 2.75) is 31.6 Å². The molecule has 0 fully saturated rings. The van der Waals surface area contributed by atoms with Gasteiger partial charge in [-0.15, -0.1) is 0 Å². The van der Waals surface area contributed by atoms with E-state index in [2.05, 4.69) is 5.32 Å². The third-order valence-corrected chi connectivity index (χ3v) is 3.63. The molecule has 7 nitrogen and oxygen atoms in total. The van der Waals surface area contributed by atoms with E-state index in [1.807, 2.05) is 0 Å². The Morgan fingerprint density at radius 1 is 1.44 bits per heavy atom. The standard InChI is InChI=1S/C10H17NO6S/c1-4-17-18(16)10(2,3)8(9(14)15)11-6-5-7(12)13/h5-6,8,11H,4H2,1-3H3,(H,12,13)(H,14,15)/b6-5+/t8-,18?/m0/s1. The number of carboxylic acids is 2. The molecule has 0 aromatic heterocycles. The number of hydrogen-bond acceptors (Lipinski definition) is 5. The second-order valence-electron chi connectivity index (χ2n) is 3.85. The quantitative estimate of drug-likeness (QED) is 0.540. The van der Waals surface area contributed by atoms with Crippen LogP contribution in [-0.2, 0) is 24.9 Å². The van der Waals surface area contributed by atoms with Gasteiger partial charge in [0.05, 0.1) is 11.4 Å². The Morgan fingerprint density at radius 3 is 2.39 bits per heavy atom. The van der Waals surface area contributed by atoms with Crippen LogP contribution >= 0.6 is 0 Å². The largest absolute Gasteiger partial charge is 0.480 e. The van der Waals surface area contributed by atoms with Gasteiger partial charge in [0, 0.05) is 12.3 Å². The zero-order valence-corrected chi connectivity index (χ0v) is 11.2. The van der Waals surface area contributed by atoms with Crippen molar-refractivity contribution in [3.63, 3.8) is 0 Å². The summed E-state index contributed by atoms with van der Waals surface area (Å²) in [5.74, 6) is -2.46. The van der Waals surface area contributed by atoms with Gasteiger partial charge in [0.1, 0.15) is 6.04 Å². The maximum absolute atomic E-state index is 11.8. The normalized spacial score (nSPS) is 15.3. The van der Waals surface area contributed by atoms with E-state index in [0.717, 1.165) is 12.3 Å². The van der Waals surface area contributed by atoms with E-state index in [-0.39, 0.29) is 6.61 Å². The highest BCUT2D eigenvalue weighted by Gasteiger charge is 2.41. The molecule has 0 aliphatic rings. The van der Waals surface area contributed by atoms with Crippen molar-refractivity contribution in [1.29, 1.82) is 0 Å². The van der Waals surface area contributed by atoms with E-state index in [4.69, 9.17) is 14.4 Å². The highest BCUT2D eigenvalue weighted by atomic mass is 32.2. The molecule has 8 heteroatoms. The molecular weight excluding hydrogens is 262 g/mol. The van der Waals surface area contributed by atoms with Gasteiger partial charge in [-0.3, -0.25) is 4.18 Å². The van der Waals surface area contributed by atoms with Crippen LogP contribution in [0.5, 0.6) is 0 Å². The molecule has 18 heavy (non-hydrogen) atoms. The summed E-state index contributed by atoms with van der Waals surface area (Å²) in [6.45, 7) is 4.74. The number of rotatable bonds is 8. The monoisotopic (exact) mass is 279 g/mol. The highest BCUT2D eigenvalue weighted by Crippen LogP contribution is 2.19. The van der Waals surface area contributed by atoms with Gasteiger partial charge < -0.3 is 15.5 Å². The number of nitrogens with one attached hydrogen (secondary N) is 1. The average Bonchev–Trinajstić information content (AvgIpc) is 2.23. The fraction of sp³-hybridized carbons (Fsp3) is 0.600. The van der Waals surface area contributed by atoms with Crippen molar-refractivity contribution < 1.29 is 28.2 Å². The Hall–Kier alpha value is -1.41. The maximum Gasteiger partial charge on any atom is 0.329 e. The van der Waals surface area contributed by atoms with Crippen LogP contribution < -0.4 is 5.32 Å². The van der Waals surface area contributed by atoms with Crippen molar-refractivity contribution >= 4 is 23.0 Å². The fourth-order valence-corrected chi connectivity index (χ4v) is 2.02. The fourth-order valence-electron chi connectivity index (χ4n) is 1.14. The number of carbonyl (C=O) groups is 2. The minimum Gasteiger partial charge on any atom is -0.480 e. The molecule has 0 aromatic rings. The summed E-state index contributed by atoms with van der Waals surface area (Å²) in [6, 6.07) is -1.24. The zero-order chi connectivity index (χ0) is 14.3. The van der Waals surface area contributed by atoms with Gasteiger partial charge in [0.2, 0.25) is 0 Å². The van der Waals surface area contributed by atoms with E-state index in [1.165, 1.54) is 13.8 Å². The summed E-state index contributed by atoms with van der Waals surface area (Å²) >= 11 is -1.82. The molecule has 0 saturated heterocycles. The van der Waals surface area contributed by atoms with E-state index in [1.54, 1.807) is 6.92 Å². The van der Waals surface area contributed by atoms with Gasteiger partial charge in [-0.1, -0.05) is 0 Å². The van der Waals surface area contributed by atoms with Gasteiger partial charge in [-0.25, -0.2) is 13.8 Å². The van der Waals surface area contributed by atoms with Crippen LogP contribution in [0.2, 0.25) is 0 Å². The van der Waals surface area contributed by atoms with Crippen molar-refractivity contribution in [3.05, 3.63) is 12.3 Å². The number of aliphatic carboxylic acids is 2. The van der Waals surface area contributed by atoms with Gasteiger partial charge in [0.25, 0.3) is 0 Å². The van der Waals surface area contributed by atoms with Crippen LogP contribution in [0.4, 0.5) is 0 Å². The number of hydrogen-bond donors (Lipinski definition) is 3. The van der Waals surface area contributed by atoms with Gasteiger partial charge >= 0.3 is 11.9 Å². The highest BCUT2D eigenvalue weighted by molar-refractivity contribution is 7.81. The Kier molecular flexibility index (Phi) is 6.56. The lowest BCUT2D eigenvalue weighted by Crippen LogP contribution is -2.53. The van der Waals surface area contributed by atoms with Crippen LogP contribution in [0.15, 0.2) is 12.3 Å². The van der Waals surface area contributed by atoms with Crippen molar-refractivity contribution in [2.24, 2.45) is 0 Å². The minimum absolute atomic E-state index is 0.188. The SMILES string of the molecule is CCOS(=O)C(C)(C)[C@@H](N/C=C/C(=O)O)C(=O)O. The Bertz CT molecular complexity index is 365. The molecule has 0 radical (unpaired) electrons. The molecule has 104 valence electrons. The molecule has 2 atom stereocenters. The summed E-state index contributed by atoms with van der Waals surface area (Å²) < 4.78 is 15.4.